The van der Waals surface area contributed by atoms with Gasteiger partial charge in [0, 0.05) is 37.8 Å². The molecule has 1 saturated heterocycles. The number of carboxylic acids is 1. The number of anilines is 2. The Bertz CT molecular complexity index is 1450. The lowest BCUT2D eigenvalue weighted by Gasteiger charge is -2.43. The SMILES string of the molecule is CS(=O)(=O)c1cc(N2CCN(c3ncc(C(=O)O)c(C(F)(F)F)n3)[C@H](c3ccc(F)cc3)C2)ccc1F. The summed E-state index contributed by atoms with van der Waals surface area (Å²) in [7, 11) is -3.88. The van der Waals surface area contributed by atoms with Gasteiger partial charge in [0.25, 0.3) is 0 Å². The van der Waals surface area contributed by atoms with E-state index in [-0.39, 0.29) is 25.6 Å². The maximum atomic E-state index is 14.1. The first kappa shape index (κ1) is 26.3. The van der Waals surface area contributed by atoms with Gasteiger partial charge < -0.3 is 14.9 Å². The van der Waals surface area contributed by atoms with Gasteiger partial charge in [-0.05, 0) is 35.9 Å². The highest BCUT2D eigenvalue weighted by Crippen LogP contribution is 2.35. The van der Waals surface area contributed by atoms with Gasteiger partial charge in [0.2, 0.25) is 5.95 Å². The molecule has 1 aliphatic rings. The molecule has 0 unspecified atom stereocenters. The van der Waals surface area contributed by atoms with Crippen LogP contribution in [0.15, 0.2) is 53.6 Å². The molecule has 0 aliphatic carbocycles. The van der Waals surface area contributed by atoms with E-state index in [2.05, 4.69) is 9.97 Å². The topological polar surface area (TPSA) is 104 Å². The summed E-state index contributed by atoms with van der Waals surface area (Å²) >= 11 is 0. The van der Waals surface area contributed by atoms with Crippen LogP contribution in [-0.4, -0.2) is 55.4 Å². The molecular weight excluding hydrogens is 523 g/mol. The number of nitrogens with zero attached hydrogens (tertiary/aromatic N) is 4. The molecule has 3 aromatic rings. The van der Waals surface area contributed by atoms with Crippen LogP contribution >= 0.6 is 0 Å². The summed E-state index contributed by atoms with van der Waals surface area (Å²) in [4.78, 5) is 21.3. The van der Waals surface area contributed by atoms with E-state index < -0.39 is 55.8 Å². The van der Waals surface area contributed by atoms with Crippen LogP contribution in [0, 0.1) is 11.6 Å². The van der Waals surface area contributed by atoms with Gasteiger partial charge in [-0.1, -0.05) is 12.1 Å². The largest absolute Gasteiger partial charge is 0.478 e. The molecule has 14 heteroatoms. The predicted molar refractivity (Wildman–Crippen MR) is 122 cm³/mol. The average Bonchev–Trinajstić information content (AvgIpc) is 2.83. The zero-order chi connectivity index (χ0) is 27.1. The first-order chi connectivity index (χ1) is 17.3. The highest BCUT2D eigenvalue weighted by atomic mass is 32.2. The van der Waals surface area contributed by atoms with Crippen LogP contribution < -0.4 is 9.80 Å². The molecule has 4 rings (SSSR count). The van der Waals surface area contributed by atoms with E-state index >= 15 is 0 Å². The molecule has 8 nitrogen and oxygen atoms in total. The lowest BCUT2D eigenvalue weighted by molar-refractivity contribution is -0.141. The molecule has 0 radical (unpaired) electrons. The zero-order valence-electron chi connectivity index (χ0n) is 19.1. The summed E-state index contributed by atoms with van der Waals surface area (Å²) in [5.41, 5.74) is -1.88. The molecule has 196 valence electrons. The summed E-state index contributed by atoms with van der Waals surface area (Å²) in [5.74, 6) is -3.69. The van der Waals surface area contributed by atoms with E-state index in [1.165, 1.54) is 41.3 Å². The minimum absolute atomic E-state index is 0.0251. The molecule has 1 fully saturated rings. The van der Waals surface area contributed by atoms with Crippen molar-refractivity contribution in [1.29, 1.82) is 0 Å². The molecule has 1 atom stereocenters. The Morgan fingerprint density at radius 1 is 1.08 bits per heavy atom. The van der Waals surface area contributed by atoms with Crippen molar-refractivity contribution in [3.8, 4) is 0 Å². The Morgan fingerprint density at radius 3 is 2.35 bits per heavy atom. The number of halogens is 5. The van der Waals surface area contributed by atoms with Crippen molar-refractivity contribution < 1.29 is 40.3 Å². The number of benzene rings is 2. The van der Waals surface area contributed by atoms with Crippen LogP contribution in [0.3, 0.4) is 0 Å². The van der Waals surface area contributed by atoms with Crippen LogP contribution in [0.1, 0.15) is 27.7 Å². The minimum Gasteiger partial charge on any atom is -0.478 e. The fourth-order valence-electron chi connectivity index (χ4n) is 4.08. The molecule has 0 saturated carbocycles. The van der Waals surface area contributed by atoms with Gasteiger partial charge in [0.05, 0.1) is 6.04 Å². The number of hydrogen-bond acceptors (Lipinski definition) is 7. The molecule has 0 spiro atoms. The molecule has 1 N–H and O–H groups in total. The maximum absolute atomic E-state index is 14.1. The van der Waals surface area contributed by atoms with Gasteiger partial charge >= 0.3 is 12.1 Å². The third-order valence-electron chi connectivity index (χ3n) is 5.85. The van der Waals surface area contributed by atoms with Crippen LogP contribution in [-0.2, 0) is 16.0 Å². The maximum Gasteiger partial charge on any atom is 0.434 e. The second-order valence-corrected chi connectivity index (χ2v) is 10.3. The van der Waals surface area contributed by atoms with Crippen molar-refractivity contribution >= 4 is 27.4 Å². The van der Waals surface area contributed by atoms with E-state index in [0.29, 0.717) is 17.4 Å². The van der Waals surface area contributed by atoms with Crippen LogP contribution in [0.25, 0.3) is 0 Å². The third kappa shape index (κ3) is 5.48. The summed E-state index contributed by atoms with van der Waals surface area (Å²) in [6, 6.07) is 8.00. The van der Waals surface area contributed by atoms with Crippen molar-refractivity contribution in [2.45, 2.75) is 17.1 Å². The van der Waals surface area contributed by atoms with Gasteiger partial charge in [-0.2, -0.15) is 13.2 Å². The van der Waals surface area contributed by atoms with Crippen molar-refractivity contribution in [3.63, 3.8) is 0 Å². The van der Waals surface area contributed by atoms with Gasteiger partial charge in [0.15, 0.2) is 15.5 Å². The van der Waals surface area contributed by atoms with Gasteiger partial charge in [-0.25, -0.2) is 32.0 Å². The fourth-order valence-corrected chi connectivity index (χ4v) is 4.84. The Hall–Kier alpha value is -3.81. The van der Waals surface area contributed by atoms with E-state index in [4.69, 9.17) is 5.11 Å². The van der Waals surface area contributed by atoms with Crippen LogP contribution in [0.4, 0.5) is 33.6 Å². The average molecular weight is 542 g/mol. The number of rotatable bonds is 5. The van der Waals surface area contributed by atoms with Crippen molar-refractivity contribution in [1.82, 2.24) is 9.97 Å². The Labute approximate surface area is 207 Å². The standard InChI is InChI=1S/C23H19F5N4O4S/c1-37(35,36)19-10-15(6-7-17(19)25)31-8-9-32(18(12-31)13-2-4-14(24)5-3-13)22-29-11-16(21(33)34)20(30-22)23(26,27)28/h2-7,10-11,18H,8-9,12H2,1H3,(H,33,34)/t18-/m0/s1. The van der Waals surface area contributed by atoms with Crippen LogP contribution in [0.2, 0.25) is 0 Å². The minimum atomic E-state index is -5.06. The fraction of sp³-hybridized carbons (Fsp3) is 0.261. The molecule has 2 heterocycles. The first-order valence-electron chi connectivity index (χ1n) is 10.7. The van der Waals surface area contributed by atoms with Crippen molar-refractivity contribution in [2.75, 3.05) is 35.7 Å². The van der Waals surface area contributed by atoms with E-state index in [0.717, 1.165) is 12.3 Å². The van der Waals surface area contributed by atoms with Crippen molar-refractivity contribution in [2.24, 2.45) is 0 Å². The lowest BCUT2D eigenvalue weighted by Crippen LogP contribution is -2.49. The number of aromatic nitrogens is 2. The number of carboxylic acid groups (broad SMARTS) is 1. The smallest absolute Gasteiger partial charge is 0.434 e. The zero-order valence-corrected chi connectivity index (χ0v) is 19.9. The number of piperazine rings is 1. The summed E-state index contributed by atoms with van der Waals surface area (Å²) in [5, 5.41) is 9.14. The molecular formula is C23H19F5N4O4S. The Balaban J connectivity index is 1.77. The molecule has 1 aliphatic heterocycles. The predicted octanol–water partition coefficient (Wildman–Crippen LogP) is 3.94. The van der Waals surface area contributed by atoms with E-state index in [1.54, 1.807) is 4.90 Å². The normalized spacial score (nSPS) is 16.6. The quantitative estimate of drug-likeness (QED) is 0.484. The summed E-state index contributed by atoms with van der Waals surface area (Å²) < 4.78 is 92.4. The number of alkyl halides is 3. The highest BCUT2D eigenvalue weighted by Gasteiger charge is 2.40. The highest BCUT2D eigenvalue weighted by molar-refractivity contribution is 7.90. The Morgan fingerprint density at radius 2 is 1.76 bits per heavy atom. The Kier molecular flexibility index (Phi) is 6.79. The van der Waals surface area contributed by atoms with Crippen LogP contribution in [0.5, 0.6) is 0 Å². The number of carbonyl (C=O) groups is 1. The van der Waals surface area contributed by atoms with E-state index in [9.17, 15) is 35.2 Å². The first-order valence-corrected chi connectivity index (χ1v) is 12.6. The number of hydrogen-bond donors (Lipinski definition) is 1. The monoisotopic (exact) mass is 542 g/mol. The summed E-state index contributed by atoms with van der Waals surface area (Å²) in [6.45, 7) is 0.237. The number of aromatic carboxylic acids is 1. The molecule has 2 aromatic carbocycles. The summed E-state index contributed by atoms with van der Waals surface area (Å²) in [6.07, 6.45) is -3.61. The third-order valence-corrected chi connectivity index (χ3v) is 6.96. The lowest BCUT2D eigenvalue weighted by atomic mass is 10.0. The second kappa shape index (κ2) is 9.57. The van der Waals surface area contributed by atoms with Gasteiger partial charge in [0.1, 0.15) is 22.1 Å². The molecule has 1 aromatic heterocycles. The second-order valence-electron chi connectivity index (χ2n) is 8.33. The molecule has 0 amide bonds. The van der Waals surface area contributed by atoms with Gasteiger partial charge in [-0.15, -0.1) is 0 Å². The van der Waals surface area contributed by atoms with Crippen molar-refractivity contribution in [3.05, 3.63) is 77.1 Å². The van der Waals surface area contributed by atoms with E-state index in [1.807, 2.05) is 0 Å². The van der Waals surface area contributed by atoms with Gasteiger partial charge in [-0.3, -0.25) is 0 Å². The number of sulfone groups is 1. The molecule has 0 bridgehead atoms. The molecule has 37 heavy (non-hydrogen) atoms.